The Morgan fingerprint density at radius 1 is 1.26 bits per heavy atom. The van der Waals surface area contributed by atoms with Crippen LogP contribution in [0.15, 0.2) is 30.3 Å². The zero-order chi connectivity index (χ0) is 13.8. The van der Waals surface area contributed by atoms with E-state index in [1.807, 2.05) is 19.1 Å². The summed E-state index contributed by atoms with van der Waals surface area (Å²) in [5, 5.41) is 0.629. The van der Waals surface area contributed by atoms with Gasteiger partial charge in [-0.05, 0) is 19.1 Å². The van der Waals surface area contributed by atoms with E-state index in [0.29, 0.717) is 28.9 Å². The predicted molar refractivity (Wildman–Crippen MR) is 75.7 cm³/mol. The van der Waals surface area contributed by atoms with Gasteiger partial charge in [-0.1, -0.05) is 17.7 Å². The Hall–Kier alpha value is -1.94. The van der Waals surface area contributed by atoms with Crippen LogP contribution in [0.2, 0.25) is 5.02 Å². The first-order valence-electron chi connectivity index (χ1n) is 5.78. The van der Waals surface area contributed by atoms with Gasteiger partial charge >= 0.3 is 0 Å². The van der Waals surface area contributed by atoms with Gasteiger partial charge in [0.2, 0.25) is 0 Å². The molecule has 2 rings (SSSR count). The minimum atomic E-state index is 0.378. The molecule has 0 spiro atoms. The third-order valence-electron chi connectivity index (χ3n) is 2.59. The summed E-state index contributed by atoms with van der Waals surface area (Å²) in [6.45, 7) is 2.25. The number of hydrogen-bond acceptors (Lipinski definition) is 4. The van der Waals surface area contributed by atoms with E-state index in [0.717, 1.165) is 11.3 Å². The lowest BCUT2D eigenvalue weighted by molar-refractivity contribution is 0.296. The largest absolute Gasteiger partial charge is 0.496 e. The summed E-state index contributed by atoms with van der Waals surface area (Å²) >= 11 is 5.91. The van der Waals surface area contributed by atoms with Gasteiger partial charge in [0.25, 0.3) is 0 Å². The highest BCUT2D eigenvalue weighted by atomic mass is 35.5. The molecule has 0 saturated heterocycles. The molecule has 0 radical (unpaired) electrons. The Kier molecular flexibility index (Phi) is 4.12. The number of rotatable bonds is 4. The van der Waals surface area contributed by atoms with Crippen LogP contribution in [-0.2, 0) is 6.61 Å². The Morgan fingerprint density at radius 3 is 2.74 bits per heavy atom. The van der Waals surface area contributed by atoms with E-state index < -0.39 is 0 Å². The van der Waals surface area contributed by atoms with Crippen LogP contribution in [0.1, 0.15) is 11.3 Å². The van der Waals surface area contributed by atoms with Crippen molar-refractivity contribution in [3.8, 4) is 11.5 Å². The second kappa shape index (κ2) is 5.80. The third kappa shape index (κ3) is 3.51. The van der Waals surface area contributed by atoms with Crippen LogP contribution in [0.5, 0.6) is 11.5 Å². The summed E-state index contributed by atoms with van der Waals surface area (Å²) in [4.78, 5) is 4.09. The molecule has 0 bridgehead atoms. The highest BCUT2D eigenvalue weighted by Gasteiger charge is 2.05. The lowest BCUT2D eigenvalue weighted by atomic mass is 10.2. The predicted octanol–water partition coefficient (Wildman–Crippen LogP) is 3.21. The van der Waals surface area contributed by atoms with E-state index in [4.69, 9.17) is 26.8 Å². The van der Waals surface area contributed by atoms with Crippen molar-refractivity contribution in [3.63, 3.8) is 0 Å². The number of nitrogen functional groups attached to an aromatic ring is 1. The van der Waals surface area contributed by atoms with Gasteiger partial charge in [-0.25, -0.2) is 4.98 Å². The number of aromatic nitrogens is 1. The number of halogens is 1. The van der Waals surface area contributed by atoms with Crippen molar-refractivity contribution >= 4 is 17.4 Å². The highest BCUT2D eigenvalue weighted by Crippen LogP contribution is 2.25. The number of nitrogens with two attached hydrogens (primary N) is 1. The molecule has 0 unspecified atom stereocenters. The van der Waals surface area contributed by atoms with Crippen molar-refractivity contribution in [1.82, 2.24) is 4.98 Å². The average Bonchev–Trinajstić information content (AvgIpc) is 2.36. The Bertz CT molecular complexity index is 567. The molecule has 0 atom stereocenters. The number of hydrogen-bond donors (Lipinski definition) is 1. The number of aryl methyl sites for hydroxylation is 1. The fraction of sp³-hybridized carbons (Fsp3) is 0.214. The van der Waals surface area contributed by atoms with E-state index in [1.165, 1.54) is 0 Å². The average molecular weight is 279 g/mol. The summed E-state index contributed by atoms with van der Waals surface area (Å²) in [6.07, 6.45) is 0. The van der Waals surface area contributed by atoms with Crippen molar-refractivity contribution < 1.29 is 9.47 Å². The fourth-order valence-corrected chi connectivity index (χ4v) is 1.91. The van der Waals surface area contributed by atoms with Crippen LogP contribution in [0.3, 0.4) is 0 Å². The summed E-state index contributed by atoms with van der Waals surface area (Å²) in [5.74, 6) is 1.83. The molecular weight excluding hydrogens is 264 g/mol. The molecular formula is C14H15ClN2O2. The molecule has 19 heavy (non-hydrogen) atoms. The van der Waals surface area contributed by atoms with Crippen molar-refractivity contribution in [2.24, 2.45) is 0 Å². The van der Waals surface area contributed by atoms with Crippen LogP contribution in [-0.4, -0.2) is 12.1 Å². The van der Waals surface area contributed by atoms with Crippen molar-refractivity contribution in [1.29, 1.82) is 0 Å². The van der Waals surface area contributed by atoms with E-state index in [9.17, 15) is 0 Å². The van der Waals surface area contributed by atoms with Crippen molar-refractivity contribution in [2.75, 3.05) is 12.8 Å². The second-order valence-corrected chi connectivity index (χ2v) is 4.55. The normalized spacial score (nSPS) is 10.3. The van der Waals surface area contributed by atoms with Crippen molar-refractivity contribution in [3.05, 3.63) is 46.6 Å². The van der Waals surface area contributed by atoms with E-state index in [2.05, 4.69) is 4.98 Å². The molecule has 100 valence electrons. The number of anilines is 1. The molecule has 2 N–H and O–H groups in total. The van der Waals surface area contributed by atoms with Gasteiger partial charge in [0, 0.05) is 28.4 Å². The van der Waals surface area contributed by atoms with Gasteiger partial charge in [-0.15, -0.1) is 0 Å². The molecule has 0 aliphatic heterocycles. The minimum absolute atomic E-state index is 0.378. The monoisotopic (exact) mass is 278 g/mol. The van der Waals surface area contributed by atoms with Gasteiger partial charge in [0.15, 0.2) is 0 Å². The van der Waals surface area contributed by atoms with Crippen LogP contribution in [0.25, 0.3) is 0 Å². The molecule has 0 amide bonds. The van der Waals surface area contributed by atoms with E-state index in [1.54, 1.807) is 25.3 Å². The van der Waals surface area contributed by atoms with Crippen LogP contribution < -0.4 is 15.2 Å². The first-order chi connectivity index (χ1) is 9.08. The minimum Gasteiger partial charge on any atom is -0.496 e. The quantitative estimate of drug-likeness (QED) is 0.933. The van der Waals surface area contributed by atoms with E-state index >= 15 is 0 Å². The number of nitrogens with zero attached hydrogens (tertiary/aromatic N) is 1. The maximum absolute atomic E-state index is 5.91. The first-order valence-corrected chi connectivity index (χ1v) is 6.15. The van der Waals surface area contributed by atoms with Crippen LogP contribution in [0, 0.1) is 6.92 Å². The van der Waals surface area contributed by atoms with Gasteiger partial charge < -0.3 is 15.2 Å². The number of pyridine rings is 1. The molecule has 0 aliphatic rings. The van der Waals surface area contributed by atoms with Gasteiger partial charge in [-0.3, -0.25) is 0 Å². The SMILES string of the molecule is COc1cc(Cl)ccc1COc1cc(C)nc(N)c1. The third-order valence-corrected chi connectivity index (χ3v) is 2.83. The smallest absolute Gasteiger partial charge is 0.127 e. The molecule has 0 aliphatic carbocycles. The highest BCUT2D eigenvalue weighted by molar-refractivity contribution is 6.30. The number of ether oxygens (including phenoxy) is 2. The van der Waals surface area contributed by atoms with Gasteiger partial charge in [-0.2, -0.15) is 0 Å². The lowest BCUT2D eigenvalue weighted by Crippen LogP contribution is -2.00. The Balaban J connectivity index is 2.14. The molecule has 5 heteroatoms. The maximum Gasteiger partial charge on any atom is 0.127 e. The summed E-state index contributed by atoms with van der Waals surface area (Å²) in [6, 6.07) is 8.95. The molecule has 0 fully saturated rings. The molecule has 4 nitrogen and oxygen atoms in total. The summed E-state index contributed by atoms with van der Waals surface area (Å²) < 4.78 is 11.0. The summed E-state index contributed by atoms with van der Waals surface area (Å²) in [7, 11) is 1.60. The standard InChI is InChI=1S/C14H15ClN2O2/c1-9-5-12(7-14(16)17-9)19-8-10-3-4-11(15)6-13(10)18-2/h3-7H,8H2,1-2H3,(H2,16,17). The number of methoxy groups -OCH3 is 1. The second-order valence-electron chi connectivity index (χ2n) is 4.11. The maximum atomic E-state index is 5.91. The summed E-state index contributed by atoms with van der Waals surface area (Å²) in [5.41, 5.74) is 7.41. The van der Waals surface area contributed by atoms with Crippen LogP contribution >= 0.6 is 11.6 Å². The topological polar surface area (TPSA) is 57.4 Å². The molecule has 2 aromatic rings. The Morgan fingerprint density at radius 2 is 2.05 bits per heavy atom. The van der Waals surface area contributed by atoms with Gasteiger partial charge in [0.05, 0.1) is 7.11 Å². The fourth-order valence-electron chi connectivity index (χ4n) is 1.74. The van der Waals surface area contributed by atoms with Crippen molar-refractivity contribution in [2.45, 2.75) is 13.5 Å². The van der Waals surface area contributed by atoms with E-state index in [-0.39, 0.29) is 0 Å². The van der Waals surface area contributed by atoms with Gasteiger partial charge in [0.1, 0.15) is 23.9 Å². The first kappa shape index (κ1) is 13.5. The zero-order valence-corrected chi connectivity index (χ0v) is 11.6. The molecule has 1 aromatic heterocycles. The molecule has 0 saturated carbocycles. The lowest BCUT2D eigenvalue weighted by Gasteiger charge is -2.11. The molecule has 1 heterocycles. The number of benzene rings is 1. The zero-order valence-electron chi connectivity index (χ0n) is 10.8. The van der Waals surface area contributed by atoms with Crippen LogP contribution in [0.4, 0.5) is 5.82 Å². The molecule has 1 aromatic carbocycles. The Labute approximate surface area is 117 Å².